The Kier molecular flexibility index (Phi) is 3.66. The maximum Gasteiger partial charge on any atom is 0.160 e. The average molecular weight is 207 g/mol. The number of ether oxygens (including phenoxy) is 2. The fourth-order valence-electron chi connectivity index (χ4n) is 1.36. The minimum absolute atomic E-state index is 0.299. The van der Waals surface area contributed by atoms with Gasteiger partial charge in [0.1, 0.15) is 0 Å². The van der Waals surface area contributed by atoms with Crippen LogP contribution in [-0.4, -0.2) is 14.2 Å². The van der Waals surface area contributed by atoms with E-state index in [0.29, 0.717) is 6.90 Å². The maximum atomic E-state index is 7.17. The van der Waals surface area contributed by atoms with Crippen molar-refractivity contribution in [1.82, 2.24) is 0 Å². The molecular weight excluding hydrogens is 188 g/mol. The highest BCUT2D eigenvalue weighted by Gasteiger charge is 2.03. The topological polar surface area (TPSA) is 18.5 Å². The summed E-state index contributed by atoms with van der Waals surface area (Å²) in [6, 6.07) is 5.88. The molecule has 82 valence electrons. The lowest BCUT2D eigenvalue weighted by molar-refractivity contribution is 0.354. The van der Waals surface area contributed by atoms with E-state index in [-0.39, 0.29) is 0 Å². The number of aryl methyl sites for hydroxylation is 1. The van der Waals surface area contributed by atoms with E-state index < -0.39 is 0 Å². The van der Waals surface area contributed by atoms with Crippen LogP contribution in [0.4, 0.5) is 0 Å². The van der Waals surface area contributed by atoms with Crippen molar-refractivity contribution in [2.45, 2.75) is 19.7 Å². The Morgan fingerprint density at radius 1 is 1.33 bits per heavy atom. The van der Waals surface area contributed by atoms with Crippen LogP contribution in [-0.2, 0) is 6.42 Å². The van der Waals surface area contributed by atoms with Crippen LogP contribution < -0.4 is 9.47 Å². The molecular formula is C13H18O2. The van der Waals surface area contributed by atoms with E-state index in [2.05, 4.69) is 6.58 Å². The first-order valence-corrected chi connectivity index (χ1v) is 4.88. The predicted octanol–water partition coefficient (Wildman–Crippen LogP) is 3.21. The molecule has 0 heterocycles. The van der Waals surface area contributed by atoms with Crippen molar-refractivity contribution in [2.75, 3.05) is 14.2 Å². The molecule has 0 unspecified atom stereocenters. The molecule has 0 saturated heterocycles. The second kappa shape index (κ2) is 5.44. The highest BCUT2D eigenvalue weighted by molar-refractivity contribution is 5.43. The summed E-state index contributed by atoms with van der Waals surface area (Å²) in [5, 5.41) is 0. The second-order valence-electron chi connectivity index (χ2n) is 3.44. The molecule has 0 atom stereocenters. The molecule has 0 fully saturated rings. The highest BCUT2D eigenvalue weighted by Crippen LogP contribution is 2.28. The lowest BCUT2D eigenvalue weighted by atomic mass is 10.1. The maximum absolute atomic E-state index is 7.17. The van der Waals surface area contributed by atoms with E-state index in [4.69, 9.17) is 10.8 Å². The van der Waals surface area contributed by atoms with Crippen LogP contribution in [0.5, 0.6) is 11.5 Å². The van der Waals surface area contributed by atoms with E-state index >= 15 is 0 Å². The van der Waals surface area contributed by atoms with Gasteiger partial charge < -0.3 is 9.47 Å². The summed E-state index contributed by atoms with van der Waals surface area (Å²) in [5.74, 6) is 1.49. The Labute approximate surface area is 92.9 Å². The SMILES string of the molecule is [2H]CC(=C)CCc1ccc(OC)c(OC)c1. The van der Waals surface area contributed by atoms with Gasteiger partial charge in [-0.2, -0.15) is 0 Å². The van der Waals surface area contributed by atoms with Crippen molar-refractivity contribution >= 4 is 0 Å². The van der Waals surface area contributed by atoms with Gasteiger partial charge in [0.05, 0.1) is 14.2 Å². The molecule has 0 bridgehead atoms. The molecule has 0 aromatic heterocycles. The summed E-state index contributed by atoms with van der Waals surface area (Å²) in [6.07, 6.45) is 1.73. The van der Waals surface area contributed by atoms with E-state index in [0.717, 1.165) is 29.9 Å². The van der Waals surface area contributed by atoms with E-state index in [1.165, 1.54) is 5.56 Å². The summed E-state index contributed by atoms with van der Waals surface area (Å²) < 4.78 is 17.6. The van der Waals surface area contributed by atoms with E-state index in [9.17, 15) is 0 Å². The third kappa shape index (κ3) is 3.31. The van der Waals surface area contributed by atoms with Crippen LogP contribution in [0.3, 0.4) is 0 Å². The lowest BCUT2D eigenvalue weighted by Crippen LogP contribution is -1.93. The van der Waals surface area contributed by atoms with Crippen LogP contribution >= 0.6 is 0 Å². The van der Waals surface area contributed by atoms with Crippen molar-refractivity contribution < 1.29 is 10.8 Å². The summed E-state index contributed by atoms with van der Waals surface area (Å²) in [5.41, 5.74) is 2.13. The third-order valence-corrected chi connectivity index (χ3v) is 2.22. The second-order valence-corrected chi connectivity index (χ2v) is 3.44. The quantitative estimate of drug-likeness (QED) is 0.690. The number of allylic oxidation sites excluding steroid dienone is 1. The summed E-state index contributed by atoms with van der Waals surface area (Å²) in [7, 11) is 3.25. The van der Waals surface area contributed by atoms with Gasteiger partial charge in [-0.1, -0.05) is 11.6 Å². The Bertz CT molecular complexity index is 361. The van der Waals surface area contributed by atoms with Gasteiger partial charge in [0.25, 0.3) is 0 Å². The molecule has 15 heavy (non-hydrogen) atoms. The molecule has 0 spiro atoms. The van der Waals surface area contributed by atoms with Gasteiger partial charge in [-0.25, -0.2) is 0 Å². The van der Waals surface area contributed by atoms with Gasteiger partial charge in [0.15, 0.2) is 11.5 Å². The number of methoxy groups -OCH3 is 2. The molecule has 1 aromatic rings. The Balaban J connectivity index is 2.71. The third-order valence-electron chi connectivity index (χ3n) is 2.22. The largest absolute Gasteiger partial charge is 0.493 e. The van der Waals surface area contributed by atoms with Gasteiger partial charge in [0.2, 0.25) is 0 Å². The van der Waals surface area contributed by atoms with E-state index in [1.807, 2.05) is 18.2 Å². The minimum Gasteiger partial charge on any atom is -0.493 e. The molecule has 0 saturated carbocycles. The van der Waals surface area contributed by atoms with Crippen LogP contribution in [0.15, 0.2) is 30.4 Å². The summed E-state index contributed by atoms with van der Waals surface area (Å²) in [4.78, 5) is 0. The molecule has 2 heteroatoms. The predicted molar refractivity (Wildman–Crippen MR) is 62.7 cm³/mol. The lowest BCUT2D eigenvalue weighted by Gasteiger charge is -2.09. The summed E-state index contributed by atoms with van der Waals surface area (Å²) >= 11 is 0. The number of benzene rings is 1. The normalized spacial score (nSPS) is 10.7. The Morgan fingerprint density at radius 2 is 2.07 bits per heavy atom. The van der Waals surface area contributed by atoms with Crippen LogP contribution in [0.25, 0.3) is 0 Å². The van der Waals surface area contributed by atoms with Gasteiger partial charge in [-0.05, 0) is 37.4 Å². The first-order valence-electron chi connectivity index (χ1n) is 5.58. The van der Waals surface area contributed by atoms with Gasteiger partial charge >= 0.3 is 0 Å². The van der Waals surface area contributed by atoms with Crippen molar-refractivity contribution in [3.05, 3.63) is 35.9 Å². The first-order chi connectivity index (χ1) is 7.71. The number of rotatable bonds is 5. The monoisotopic (exact) mass is 207 g/mol. The minimum atomic E-state index is 0.299. The fourth-order valence-corrected chi connectivity index (χ4v) is 1.36. The smallest absolute Gasteiger partial charge is 0.160 e. The van der Waals surface area contributed by atoms with Crippen molar-refractivity contribution in [2.24, 2.45) is 0 Å². The molecule has 0 amide bonds. The van der Waals surface area contributed by atoms with E-state index in [1.54, 1.807) is 14.2 Å². The highest BCUT2D eigenvalue weighted by atomic mass is 16.5. The Hall–Kier alpha value is -1.44. The molecule has 0 N–H and O–H groups in total. The molecule has 0 radical (unpaired) electrons. The first kappa shape index (κ1) is 10.1. The van der Waals surface area contributed by atoms with Crippen LogP contribution in [0.2, 0.25) is 0 Å². The standard InChI is InChI=1S/C13H18O2/c1-10(2)5-6-11-7-8-12(14-3)13(9-11)15-4/h7-9H,1,5-6H2,2-4H3/i2D. The van der Waals surface area contributed by atoms with Gasteiger partial charge in [0, 0.05) is 1.37 Å². The molecule has 1 aromatic carbocycles. The Morgan fingerprint density at radius 3 is 2.67 bits per heavy atom. The molecule has 1 rings (SSSR count). The molecule has 0 aliphatic rings. The zero-order chi connectivity index (χ0) is 12.0. The summed E-state index contributed by atoms with van der Waals surface area (Å²) in [6.45, 7) is 4.12. The van der Waals surface area contributed by atoms with Crippen molar-refractivity contribution in [3.63, 3.8) is 0 Å². The average Bonchev–Trinajstić information content (AvgIpc) is 2.35. The zero-order valence-corrected chi connectivity index (χ0v) is 9.38. The van der Waals surface area contributed by atoms with Crippen LogP contribution in [0.1, 0.15) is 20.3 Å². The van der Waals surface area contributed by atoms with Crippen LogP contribution in [0, 0.1) is 0 Å². The van der Waals surface area contributed by atoms with Gasteiger partial charge in [-0.3, -0.25) is 0 Å². The molecule has 2 nitrogen and oxygen atoms in total. The van der Waals surface area contributed by atoms with Crippen molar-refractivity contribution in [3.8, 4) is 11.5 Å². The number of hydrogen-bond acceptors (Lipinski definition) is 2. The molecule has 0 aliphatic carbocycles. The zero-order valence-electron chi connectivity index (χ0n) is 10.4. The van der Waals surface area contributed by atoms with Crippen molar-refractivity contribution in [1.29, 1.82) is 0 Å². The molecule has 0 aliphatic heterocycles. The van der Waals surface area contributed by atoms with Gasteiger partial charge in [-0.15, -0.1) is 6.58 Å². The fraction of sp³-hybridized carbons (Fsp3) is 0.385. The number of hydrogen-bond donors (Lipinski definition) is 0.